The summed E-state index contributed by atoms with van der Waals surface area (Å²) in [6, 6.07) is 0.407. The van der Waals surface area contributed by atoms with Crippen LogP contribution in [0.1, 0.15) is 12.8 Å². The third-order valence-electron chi connectivity index (χ3n) is 2.18. The molecule has 0 aromatic rings. The molecule has 1 heterocycles. The van der Waals surface area contributed by atoms with E-state index in [1.54, 1.807) is 0 Å². The quantitative estimate of drug-likeness (QED) is 0.596. The molecule has 1 aliphatic rings. The van der Waals surface area contributed by atoms with Crippen LogP contribution in [0, 0.1) is 0 Å². The second-order valence-corrected chi connectivity index (χ2v) is 3.16. The largest absolute Gasteiger partial charge is 0.396 e. The molecule has 1 N–H and O–H groups in total. The van der Waals surface area contributed by atoms with Gasteiger partial charge in [-0.15, -0.1) is 0 Å². The summed E-state index contributed by atoms with van der Waals surface area (Å²) >= 11 is 0. The van der Waals surface area contributed by atoms with Crippen LogP contribution in [0.2, 0.25) is 0 Å². The molecule has 1 saturated heterocycles. The molecule has 1 radical (unpaired) electrons. The number of likely N-dealkylation sites (N-methyl/N-ethyl adjacent to an activating group) is 1. The van der Waals surface area contributed by atoms with Crippen molar-refractivity contribution in [2.45, 2.75) is 18.9 Å². The van der Waals surface area contributed by atoms with Crippen LogP contribution < -0.4 is 5.32 Å². The summed E-state index contributed by atoms with van der Waals surface area (Å²) in [5.41, 5.74) is 0. The maximum Gasteiger partial charge on any atom is 0.0446 e. The van der Waals surface area contributed by atoms with Crippen molar-refractivity contribution in [3.8, 4) is 0 Å². The highest BCUT2D eigenvalue weighted by molar-refractivity contribution is 4.72. The molecular formula is C8H17N2O. The van der Waals surface area contributed by atoms with E-state index < -0.39 is 0 Å². The lowest BCUT2D eigenvalue weighted by atomic mass is 10.1. The van der Waals surface area contributed by atoms with Crippen molar-refractivity contribution < 1.29 is 5.11 Å². The van der Waals surface area contributed by atoms with Crippen molar-refractivity contribution >= 4 is 0 Å². The summed E-state index contributed by atoms with van der Waals surface area (Å²) < 4.78 is 0. The molecule has 3 heteroatoms. The highest BCUT2D eigenvalue weighted by Crippen LogP contribution is 2.03. The zero-order valence-electron chi connectivity index (χ0n) is 7.16. The molecule has 0 aromatic carbocycles. The molecule has 1 unspecified atom stereocenters. The van der Waals surface area contributed by atoms with E-state index in [4.69, 9.17) is 5.11 Å². The third kappa shape index (κ3) is 3.18. The average molecular weight is 157 g/mol. The summed E-state index contributed by atoms with van der Waals surface area (Å²) in [6.45, 7) is 3.40. The van der Waals surface area contributed by atoms with E-state index in [1.165, 1.54) is 0 Å². The molecule has 1 rings (SSSR count). The Hall–Kier alpha value is -0.120. The standard InChI is InChI=1S/C8H17N2O/c1-10-5-2-8(3-7-11)9-4-6-10/h8,11H,2-7H2,1H3. The van der Waals surface area contributed by atoms with Gasteiger partial charge in [0, 0.05) is 25.7 Å². The average Bonchev–Trinajstić information content (AvgIpc) is 2.17. The minimum atomic E-state index is 0.276. The van der Waals surface area contributed by atoms with Crippen LogP contribution in [0.5, 0.6) is 0 Å². The summed E-state index contributed by atoms with van der Waals surface area (Å²) in [5, 5.41) is 13.2. The first-order chi connectivity index (χ1) is 5.33. The van der Waals surface area contributed by atoms with Crippen molar-refractivity contribution in [1.29, 1.82) is 0 Å². The lowest BCUT2D eigenvalue weighted by Crippen LogP contribution is -2.23. The molecule has 3 nitrogen and oxygen atoms in total. The van der Waals surface area contributed by atoms with E-state index in [2.05, 4.69) is 17.3 Å². The predicted molar refractivity (Wildman–Crippen MR) is 44.6 cm³/mol. The minimum Gasteiger partial charge on any atom is -0.396 e. The normalized spacial score (nSPS) is 28.4. The molecule has 1 atom stereocenters. The Morgan fingerprint density at radius 1 is 1.55 bits per heavy atom. The van der Waals surface area contributed by atoms with Gasteiger partial charge >= 0.3 is 0 Å². The van der Waals surface area contributed by atoms with Crippen molar-refractivity contribution in [3.63, 3.8) is 0 Å². The molecule has 65 valence electrons. The van der Waals surface area contributed by atoms with Gasteiger partial charge in [0.05, 0.1) is 0 Å². The molecule has 0 amide bonds. The van der Waals surface area contributed by atoms with Gasteiger partial charge in [0.1, 0.15) is 0 Å². The first kappa shape index (κ1) is 8.97. The molecule has 0 saturated carbocycles. The zero-order valence-corrected chi connectivity index (χ0v) is 7.16. The van der Waals surface area contributed by atoms with E-state index in [0.717, 1.165) is 32.5 Å². The first-order valence-corrected chi connectivity index (χ1v) is 4.29. The van der Waals surface area contributed by atoms with E-state index >= 15 is 0 Å². The monoisotopic (exact) mass is 157 g/mol. The van der Waals surface area contributed by atoms with Crippen molar-refractivity contribution in [2.24, 2.45) is 0 Å². The minimum absolute atomic E-state index is 0.276. The Balaban J connectivity index is 2.22. The Labute approximate surface area is 68.4 Å². The van der Waals surface area contributed by atoms with Crippen LogP contribution in [0.3, 0.4) is 0 Å². The zero-order chi connectivity index (χ0) is 8.10. The Morgan fingerprint density at radius 3 is 3.09 bits per heavy atom. The van der Waals surface area contributed by atoms with Gasteiger partial charge < -0.3 is 10.0 Å². The smallest absolute Gasteiger partial charge is 0.0446 e. The van der Waals surface area contributed by atoms with Crippen LogP contribution in [0.4, 0.5) is 0 Å². The van der Waals surface area contributed by atoms with Crippen molar-refractivity contribution in [3.05, 3.63) is 0 Å². The molecule has 1 fully saturated rings. The van der Waals surface area contributed by atoms with Crippen LogP contribution in [-0.4, -0.2) is 49.3 Å². The van der Waals surface area contributed by atoms with Gasteiger partial charge in [-0.1, -0.05) is 0 Å². The highest BCUT2D eigenvalue weighted by atomic mass is 16.3. The fourth-order valence-corrected chi connectivity index (χ4v) is 1.37. The number of hydrogen-bond acceptors (Lipinski definition) is 2. The van der Waals surface area contributed by atoms with Crippen molar-refractivity contribution in [1.82, 2.24) is 10.2 Å². The molecule has 0 spiro atoms. The van der Waals surface area contributed by atoms with E-state index in [1.807, 2.05) is 0 Å². The number of hydrogen-bond donors (Lipinski definition) is 1. The van der Waals surface area contributed by atoms with Gasteiger partial charge in [-0.05, 0) is 26.4 Å². The summed E-state index contributed by atoms with van der Waals surface area (Å²) in [4.78, 5) is 2.29. The number of rotatable bonds is 2. The molecule has 0 bridgehead atoms. The SMILES string of the molecule is CN1CC[N]C(CCO)CC1. The lowest BCUT2D eigenvalue weighted by molar-refractivity contribution is 0.261. The van der Waals surface area contributed by atoms with E-state index in [-0.39, 0.29) is 6.61 Å². The van der Waals surface area contributed by atoms with Crippen LogP contribution in [0.25, 0.3) is 0 Å². The van der Waals surface area contributed by atoms with Gasteiger partial charge in [-0.3, -0.25) is 0 Å². The van der Waals surface area contributed by atoms with Crippen molar-refractivity contribution in [2.75, 3.05) is 33.3 Å². The third-order valence-corrected chi connectivity index (χ3v) is 2.18. The molecule has 0 aromatic heterocycles. The first-order valence-electron chi connectivity index (χ1n) is 4.29. The number of nitrogens with zero attached hydrogens (tertiary/aromatic N) is 2. The Morgan fingerprint density at radius 2 is 2.36 bits per heavy atom. The second-order valence-electron chi connectivity index (χ2n) is 3.16. The van der Waals surface area contributed by atoms with Crippen LogP contribution in [0.15, 0.2) is 0 Å². The summed E-state index contributed by atoms with van der Waals surface area (Å²) in [5.74, 6) is 0. The topological polar surface area (TPSA) is 37.6 Å². The number of aliphatic hydroxyl groups is 1. The van der Waals surface area contributed by atoms with Gasteiger partial charge in [0.25, 0.3) is 0 Å². The molecule has 11 heavy (non-hydrogen) atoms. The fourth-order valence-electron chi connectivity index (χ4n) is 1.37. The van der Waals surface area contributed by atoms with Gasteiger partial charge in [-0.2, -0.15) is 0 Å². The molecule has 0 aliphatic carbocycles. The van der Waals surface area contributed by atoms with Gasteiger partial charge in [-0.25, -0.2) is 5.32 Å². The second kappa shape index (κ2) is 4.70. The number of aliphatic hydroxyl groups excluding tert-OH is 1. The van der Waals surface area contributed by atoms with E-state index in [0.29, 0.717) is 6.04 Å². The predicted octanol–water partition coefficient (Wildman–Crippen LogP) is -0.323. The molecular weight excluding hydrogens is 140 g/mol. The van der Waals surface area contributed by atoms with Crippen LogP contribution >= 0.6 is 0 Å². The van der Waals surface area contributed by atoms with Crippen LogP contribution in [-0.2, 0) is 0 Å². The summed E-state index contributed by atoms with van der Waals surface area (Å²) in [6.07, 6.45) is 1.95. The van der Waals surface area contributed by atoms with E-state index in [9.17, 15) is 0 Å². The Bertz CT molecular complexity index is 108. The Kier molecular flexibility index (Phi) is 3.83. The summed E-state index contributed by atoms with van der Waals surface area (Å²) in [7, 11) is 2.12. The fraction of sp³-hybridized carbons (Fsp3) is 1.00. The maximum absolute atomic E-state index is 8.70. The highest BCUT2D eigenvalue weighted by Gasteiger charge is 2.13. The van der Waals surface area contributed by atoms with Gasteiger partial charge in [0.15, 0.2) is 0 Å². The molecule has 1 aliphatic heterocycles. The van der Waals surface area contributed by atoms with Gasteiger partial charge in [0.2, 0.25) is 0 Å². The maximum atomic E-state index is 8.70. The lowest BCUT2D eigenvalue weighted by Gasteiger charge is -2.12.